The molecule has 1 heterocycles. The molecule has 1 aromatic rings. The van der Waals surface area contributed by atoms with E-state index in [1.165, 1.54) is 0 Å². The molecule has 0 radical (unpaired) electrons. The van der Waals surface area contributed by atoms with Gasteiger partial charge in [-0.15, -0.1) is 0 Å². The van der Waals surface area contributed by atoms with Crippen LogP contribution in [0.5, 0.6) is 0 Å². The number of hydrogen-bond acceptors (Lipinski definition) is 3. The minimum Gasteiger partial charge on any atom is -0.311 e. The highest BCUT2D eigenvalue weighted by Crippen LogP contribution is 1.98. The van der Waals surface area contributed by atoms with E-state index >= 15 is 0 Å². The Kier molecular flexibility index (Phi) is 3.83. The van der Waals surface area contributed by atoms with Crippen LogP contribution in [0.4, 0.5) is 0 Å². The third-order valence-electron chi connectivity index (χ3n) is 2.19. The Morgan fingerprint density at radius 1 is 1.43 bits per heavy atom. The molecule has 0 aliphatic rings. The van der Waals surface area contributed by atoms with E-state index in [0.29, 0.717) is 5.82 Å². The van der Waals surface area contributed by atoms with Crippen molar-refractivity contribution in [3.63, 3.8) is 0 Å². The number of nitrogens with zero attached hydrogens (tertiary/aromatic N) is 2. The van der Waals surface area contributed by atoms with Crippen LogP contribution in [0.3, 0.4) is 0 Å². The van der Waals surface area contributed by atoms with Crippen LogP contribution in [0.2, 0.25) is 0 Å². The Labute approximate surface area is 84.0 Å². The van der Waals surface area contributed by atoms with Gasteiger partial charge in [-0.05, 0) is 20.0 Å². The molecule has 0 spiro atoms. The first-order valence-corrected chi connectivity index (χ1v) is 4.95. The van der Waals surface area contributed by atoms with Crippen molar-refractivity contribution in [2.45, 2.75) is 27.3 Å². The lowest BCUT2D eigenvalue weighted by Gasteiger charge is -2.16. The molecule has 0 aliphatic carbocycles. The van der Waals surface area contributed by atoms with Gasteiger partial charge in [0, 0.05) is 12.6 Å². The first-order chi connectivity index (χ1) is 6.65. The van der Waals surface area contributed by atoms with Crippen molar-refractivity contribution in [2.75, 3.05) is 13.1 Å². The summed E-state index contributed by atoms with van der Waals surface area (Å²) in [6.45, 7) is 8.70. The summed E-state index contributed by atoms with van der Waals surface area (Å²) >= 11 is 0. The van der Waals surface area contributed by atoms with Crippen molar-refractivity contribution in [2.24, 2.45) is 0 Å². The van der Waals surface area contributed by atoms with Crippen LogP contribution in [-0.2, 0) is 6.54 Å². The van der Waals surface area contributed by atoms with Gasteiger partial charge in [-0.1, -0.05) is 13.8 Å². The fourth-order valence-corrected chi connectivity index (χ4v) is 1.40. The van der Waals surface area contributed by atoms with Gasteiger partial charge < -0.3 is 4.98 Å². The summed E-state index contributed by atoms with van der Waals surface area (Å²) in [6, 6.07) is 1.56. The number of rotatable bonds is 4. The number of aromatic amines is 1. The monoisotopic (exact) mass is 195 g/mol. The summed E-state index contributed by atoms with van der Waals surface area (Å²) in [5.74, 6) is 0.680. The van der Waals surface area contributed by atoms with Gasteiger partial charge in [0.1, 0.15) is 5.82 Å². The van der Waals surface area contributed by atoms with E-state index in [1.54, 1.807) is 13.0 Å². The fraction of sp³-hybridized carbons (Fsp3) is 0.600. The summed E-state index contributed by atoms with van der Waals surface area (Å²) in [7, 11) is 0. The van der Waals surface area contributed by atoms with Gasteiger partial charge in [0.05, 0.1) is 5.69 Å². The standard InChI is InChI=1S/C10H17N3O/c1-4-13(5-2)7-9-6-10(14)12-8(3)11-9/h6H,4-5,7H2,1-3H3,(H,11,12,14). The third kappa shape index (κ3) is 2.96. The van der Waals surface area contributed by atoms with Crippen molar-refractivity contribution < 1.29 is 0 Å². The smallest absolute Gasteiger partial charge is 0.251 e. The number of aromatic nitrogens is 2. The number of H-pyrrole nitrogens is 1. The second-order valence-electron chi connectivity index (χ2n) is 3.28. The minimum absolute atomic E-state index is 0.0698. The molecule has 1 N–H and O–H groups in total. The van der Waals surface area contributed by atoms with Crippen LogP contribution in [-0.4, -0.2) is 28.0 Å². The van der Waals surface area contributed by atoms with Crippen molar-refractivity contribution in [1.29, 1.82) is 0 Å². The molecular formula is C10H17N3O. The zero-order chi connectivity index (χ0) is 10.6. The van der Waals surface area contributed by atoms with Gasteiger partial charge in [0.15, 0.2) is 0 Å². The zero-order valence-corrected chi connectivity index (χ0v) is 9.00. The molecule has 4 heteroatoms. The lowest BCUT2D eigenvalue weighted by atomic mass is 10.3. The van der Waals surface area contributed by atoms with E-state index < -0.39 is 0 Å². The molecule has 14 heavy (non-hydrogen) atoms. The molecule has 0 saturated heterocycles. The highest BCUT2D eigenvalue weighted by Gasteiger charge is 2.03. The average Bonchev–Trinajstić information content (AvgIpc) is 2.12. The molecule has 1 aromatic heterocycles. The topological polar surface area (TPSA) is 49.0 Å². The van der Waals surface area contributed by atoms with Gasteiger partial charge in [0.25, 0.3) is 5.56 Å². The molecule has 0 saturated carbocycles. The third-order valence-corrected chi connectivity index (χ3v) is 2.19. The molecule has 1 rings (SSSR count). The molecule has 0 aliphatic heterocycles. The highest BCUT2D eigenvalue weighted by molar-refractivity contribution is 5.01. The van der Waals surface area contributed by atoms with Crippen LogP contribution in [0.1, 0.15) is 25.4 Å². The fourth-order valence-electron chi connectivity index (χ4n) is 1.40. The van der Waals surface area contributed by atoms with Crippen molar-refractivity contribution in [3.05, 3.63) is 27.9 Å². The highest BCUT2D eigenvalue weighted by atomic mass is 16.1. The van der Waals surface area contributed by atoms with Crippen molar-refractivity contribution in [1.82, 2.24) is 14.9 Å². The maximum atomic E-state index is 11.2. The number of aryl methyl sites for hydroxylation is 1. The van der Waals surface area contributed by atoms with Crippen LogP contribution in [0.15, 0.2) is 10.9 Å². The SMILES string of the molecule is CCN(CC)Cc1cc(=O)[nH]c(C)n1. The molecule has 4 nitrogen and oxygen atoms in total. The minimum atomic E-state index is -0.0698. The predicted octanol–water partition coefficient (Wildman–Crippen LogP) is 0.920. The second-order valence-corrected chi connectivity index (χ2v) is 3.28. The first-order valence-electron chi connectivity index (χ1n) is 4.95. The Morgan fingerprint density at radius 3 is 2.57 bits per heavy atom. The summed E-state index contributed by atoms with van der Waals surface area (Å²) in [6.07, 6.45) is 0. The Balaban J connectivity index is 2.80. The van der Waals surface area contributed by atoms with Crippen LogP contribution in [0, 0.1) is 6.92 Å². The van der Waals surface area contributed by atoms with E-state index in [1.807, 2.05) is 0 Å². The van der Waals surface area contributed by atoms with Crippen LogP contribution in [0.25, 0.3) is 0 Å². The Morgan fingerprint density at radius 2 is 2.07 bits per heavy atom. The van der Waals surface area contributed by atoms with E-state index in [0.717, 1.165) is 25.3 Å². The lowest BCUT2D eigenvalue weighted by molar-refractivity contribution is 0.292. The van der Waals surface area contributed by atoms with Gasteiger partial charge in [0.2, 0.25) is 0 Å². The molecule has 0 atom stereocenters. The zero-order valence-electron chi connectivity index (χ0n) is 9.00. The van der Waals surface area contributed by atoms with E-state index in [2.05, 4.69) is 28.7 Å². The lowest BCUT2D eigenvalue weighted by Crippen LogP contribution is -2.24. The van der Waals surface area contributed by atoms with E-state index in [-0.39, 0.29) is 5.56 Å². The largest absolute Gasteiger partial charge is 0.311 e. The second kappa shape index (κ2) is 4.91. The van der Waals surface area contributed by atoms with Crippen molar-refractivity contribution in [3.8, 4) is 0 Å². The molecular weight excluding hydrogens is 178 g/mol. The normalized spacial score (nSPS) is 10.9. The molecule has 0 fully saturated rings. The molecule has 0 amide bonds. The summed E-state index contributed by atoms with van der Waals surface area (Å²) in [5.41, 5.74) is 0.773. The quantitative estimate of drug-likeness (QED) is 0.777. The van der Waals surface area contributed by atoms with E-state index in [4.69, 9.17) is 0 Å². The summed E-state index contributed by atoms with van der Waals surface area (Å²) in [5, 5.41) is 0. The molecule has 0 unspecified atom stereocenters. The van der Waals surface area contributed by atoms with E-state index in [9.17, 15) is 4.79 Å². The van der Waals surface area contributed by atoms with Gasteiger partial charge in [-0.2, -0.15) is 0 Å². The molecule has 78 valence electrons. The maximum absolute atomic E-state index is 11.2. The van der Waals surface area contributed by atoms with Gasteiger partial charge >= 0.3 is 0 Å². The number of nitrogens with one attached hydrogen (secondary N) is 1. The summed E-state index contributed by atoms with van der Waals surface area (Å²) < 4.78 is 0. The van der Waals surface area contributed by atoms with Crippen molar-refractivity contribution >= 4 is 0 Å². The van der Waals surface area contributed by atoms with Gasteiger partial charge in [-0.25, -0.2) is 4.98 Å². The predicted molar refractivity (Wildman–Crippen MR) is 56.2 cm³/mol. The maximum Gasteiger partial charge on any atom is 0.251 e. The number of hydrogen-bond donors (Lipinski definition) is 1. The van der Waals surface area contributed by atoms with Crippen LogP contribution < -0.4 is 5.56 Å². The average molecular weight is 195 g/mol. The Hall–Kier alpha value is -1.16. The first kappa shape index (κ1) is 10.9. The molecule has 0 aromatic carbocycles. The summed E-state index contributed by atoms with van der Waals surface area (Å²) in [4.78, 5) is 20.3. The van der Waals surface area contributed by atoms with Crippen LogP contribution >= 0.6 is 0 Å². The molecule has 0 bridgehead atoms. The Bertz CT molecular complexity index is 341. The van der Waals surface area contributed by atoms with Gasteiger partial charge in [-0.3, -0.25) is 9.69 Å².